The first-order valence-corrected chi connectivity index (χ1v) is 4.25. The molecule has 6 heteroatoms. The van der Waals surface area contributed by atoms with Crippen LogP contribution < -0.4 is 10.6 Å². The van der Waals surface area contributed by atoms with E-state index >= 15 is 0 Å². The van der Waals surface area contributed by atoms with Crippen molar-refractivity contribution in [3.8, 4) is 0 Å². The first kappa shape index (κ1) is 8.46. The van der Waals surface area contributed by atoms with E-state index in [1.807, 2.05) is 16.6 Å². The molecule has 13 heavy (non-hydrogen) atoms. The molecule has 1 unspecified atom stereocenters. The van der Waals surface area contributed by atoms with Gasteiger partial charge in [0.1, 0.15) is 5.69 Å². The van der Waals surface area contributed by atoms with Crippen molar-refractivity contribution >= 4 is 5.82 Å². The standard InChI is InChI=1S/C7H13N5O/c1-11-2-3-12-7(11)6(9-10-12)5(8)4-13/h5,13H,2-4,8H2,1H3. The Balaban J connectivity index is 2.38. The van der Waals surface area contributed by atoms with Gasteiger partial charge in [0.15, 0.2) is 5.82 Å². The minimum absolute atomic E-state index is 0.0977. The number of aliphatic hydroxyl groups is 1. The number of likely N-dealkylation sites (N-methyl/N-ethyl adjacent to an activating group) is 1. The fourth-order valence-electron chi connectivity index (χ4n) is 1.54. The fourth-order valence-corrected chi connectivity index (χ4v) is 1.54. The second-order valence-electron chi connectivity index (χ2n) is 3.23. The molecule has 2 heterocycles. The van der Waals surface area contributed by atoms with Crippen LogP contribution in [0.25, 0.3) is 0 Å². The smallest absolute Gasteiger partial charge is 0.152 e. The number of hydrogen-bond donors (Lipinski definition) is 2. The van der Waals surface area contributed by atoms with Gasteiger partial charge in [0, 0.05) is 13.6 Å². The van der Waals surface area contributed by atoms with Crippen LogP contribution in [0.5, 0.6) is 0 Å². The molecule has 1 atom stereocenters. The summed E-state index contributed by atoms with van der Waals surface area (Å²) in [5.74, 6) is 0.932. The van der Waals surface area contributed by atoms with Crippen molar-refractivity contribution in [3.63, 3.8) is 0 Å². The van der Waals surface area contributed by atoms with Crippen LogP contribution in [0.3, 0.4) is 0 Å². The van der Waals surface area contributed by atoms with Crippen molar-refractivity contribution < 1.29 is 5.11 Å². The zero-order valence-corrected chi connectivity index (χ0v) is 7.51. The third-order valence-electron chi connectivity index (χ3n) is 2.29. The quantitative estimate of drug-likeness (QED) is 0.597. The Kier molecular flexibility index (Phi) is 1.93. The summed E-state index contributed by atoms with van der Waals surface area (Å²) >= 11 is 0. The second-order valence-corrected chi connectivity index (χ2v) is 3.23. The molecule has 0 amide bonds. The molecule has 2 rings (SSSR count). The molecule has 1 aromatic heterocycles. The van der Waals surface area contributed by atoms with E-state index in [4.69, 9.17) is 10.8 Å². The van der Waals surface area contributed by atoms with Crippen LogP contribution in [0, 0.1) is 0 Å². The number of nitrogens with zero attached hydrogens (tertiary/aromatic N) is 4. The van der Waals surface area contributed by atoms with Crippen LogP contribution in [-0.4, -0.2) is 40.3 Å². The van der Waals surface area contributed by atoms with Gasteiger partial charge in [-0.15, -0.1) is 5.10 Å². The monoisotopic (exact) mass is 183 g/mol. The summed E-state index contributed by atoms with van der Waals surface area (Å²) in [6, 6.07) is -0.427. The van der Waals surface area contributed by atoms with Gasteiger partial charge in [0.05, 0.1) is 19.2 Å². The predicted octanol–water partition coefficient (Wildman–Crippen LogP) is -1.28. The Morgan fingerprint density at radius 1 is 1.62 bits per heavy atom. The number of anilines is 1. The summed E-state index contributed by atoms with van der Waals surface area (Å²) in [7, 11) is 1.97. The van der Waals surface area contributed by atoms with Crippen LogP contribution in [0.4, 0.5) is 5.82 Å². The third-order valence-corrected chi connectivity index (χ3v) is 2.29. The second kappa shape index (κ2) is 2.97. The highest BCUT2D eigenvalue weighted by Gasteiger charge is 2.25. The maximum Gasteiger partial charge on any atom is 0.152 e. The summed E-state index contributed by atoms with van der Waals surface area (Å²) in [6.45, 7) is 1.67. The molecule has 6 nitrogen and oxygen atoms in total. The van der Waals surface area contributed by atoms with Crippen molar-refractivity contribution in [2.45, 2.75) is 12.6 Å². The van der Waals surface area contributed by atoms with E-state index < -0.39 is 6.04 Å². The number of fused-ring (bicyclic) bond motifs is 1. The molecule has 0 spiro atoms. The zero-order chi connectivity index (χ0) is 9.42. The van der Waals surface area contributed by atoms with Crippen molar-refractivity contribution in [2.24, 2.45) is 5.73 Å². The number of hydrogen-bond acceptors (Lipinski definition) is 5. The van der Waals surface area contributed by atoms with E-state index in [0.29, 0.717) is 5.69 Å². The molecular formula is C7H13N5O. The third kappa shape index (κ3) is 1.18. The van der Waals surface area contributed by atoms with E-state index in [9.17, 15) is 0 Å². The van der Waals surface area contributed by atoms with Crippen LogP contribution in [0.2, 0.25) is 0 Å². The molecule has 1 aliphatic heterocycles. The Morgan fingerprint density at radius 2 is 2.38 bits per heavy atom. The lowest BCUT2D eigenvalue weighted by molar-refractivity contribution is 0.266. The molecule has 0 aromatic carbocycles. The molecule has 0 bridgehead atoms. The Bertz CT molecular complexity index is 310. The number of aliphatic hydroxyl groups excluding tert-OH is 1. The zero-order valence-electron chi connectivity index (χ0n) is 7.51. The Morgan fingerprint density at radius 3 is 3.08 bits per heavy atom. The van der Waals surface area contributed by atoms with Crippen LogP contribution in [0.1, 0.15) is 11.7 Å². The summed E-state index contributed by atoms with van der Waals surface area (Å²) in [5, 5.41) is 16.8. The Labute approximate surface area is 75.9 Å². The number of nitrogens with two attached hydrogens (primary N) is 1. The van der Waals surface area contributed by atoms with Gasteiger partial charge in [-0.25, -0.2) is 4.68 Å². The lowest BCUT2D eigenvalue weighted by Crippen LogP contribution is -2.20. The molecule has 72 valence electrons. The summed E-state index contributed by atoms with van der Waals surface area (Å²) in [4.78, 5) is 2.05. The van der Waals surface area contributed by atoms with E-state index in [1.165, 1.54) is 0 Å². The van der Waals surface area contributed by atoms with E-state index in [0.717, 1.165) is 18.9 Å². The van der Waals surface area contributed by atoms with Crippen molar-refractivity contribution in [1.29, 1.82) is 0 Å². The Hall–Kier alpha value is -1.14. The largest absolute Gasteiger partial charge is 0.394 e. The number of rotatable bonds is 2. The van der Waals surface area contributed by atoms with Gasteiger partial charge in [0.2, 0.25) is 0 Å². The molecule has 1 aliphatic rings. The first-order chi connectivity index (χ1) is 6.24. The molecule has 3 N–H and O–H groups in total. The van der Waals surface area contributed by atoms with Gasteiger partial charge >= 0.3 is 0 Å². The lowest BCUT2D eigenvalue weighted by Gasteiger charge is -2.12. The topological polar surface area (TPSA) is 80.2 Å². The van der Waals surface area contributed by atoms with Crippen LogP contribution in [-0.2, 0) is 6.54 Å². The van der Waals surface area contributed by atoms with E-state index in [-0.39, 0.29) is 6.61 Å². The highest BCUT2D eigenvalue weighted by molar-refractivity contribution is 5.46. The molecule has 1 aromatic rings. The SMILES string of the molecule is CN1CCn2nnc(C(N)CO)c21. The van der Waals surface area contributed by atoms with Gasteiger partial charge in [0.25, 0.3) is 0 Å². The van der Waals surface area contributed by atoms with Gasteiger partial charge in [-0.2, -0.15) is 0 Å². The highest BCUT2D eigenvalue weighted by Crippen LogP contribution is 2.25. The lowest BCUT2D eigenvalue weighted by atomic mass is 10.2. The molecule has 0 saturated heterocycles. The van der Waals surface area contributed by atoms with Crippen molar-refractivity contribution in [3.05, 3.63) is 5.69 Å². The van der Waals surface area contributed by atoms with Crippen molar-refractivity contribution in [2.75, 3.05) is 25.1 Å². The van der Waals surface area contributed by atoms with Gasteiger partial charge in [-0.1, -0.05) is 5.21 Å². The number of aromatic nitrogens is 3. The van der Waals surface area contributed by atoms with Crippen LogP contribution >= 0.6 is 0 Å². The fraction of sp³-hybridized carbons (Fsp3) is 0.714. The normalized spacial score (nSPS) is 17.6. The van der Waals surface area contributed by atoms with Gasteiger partial charge in [-0.3, -0.25) is 0 Å². The van der Waals surface area contributed by atoms with Crippen LogP contribution in [0.15, 0.2) is 0 Å². The highest BCUT2D eigenvalue weighted by atomic mass is 16.3. The van der Waals surface area contributed by atoms with Gasteiger partial charge < -0.3 is 15.7 Å². The maximum atomic E-state index is 8.90. The molecule has 0 saturated carbocycles. The molecule has 0 aliphatic carbocycles. The molecule has 0 fully saturated rings. The summed E-state index contributed by atoms with van der Waals surface area (Å²) in [6.07, 6.45) is 0. The van der Waals surface area contributed by atoms with E-state index in [1.54, 1.807) is 0 Å². The predicted molar refractivity (Wildman–Crippen MR) is 47.3 cm³/mol. The summed E-state index contributed by atoms with van der Waals surface area (Å²) in [5.41, 5.74) is 6.36. The summed E-state index contributed by atoms with van der Waals surface area (Å²) < 4.78 is 1.81. The minimum Gasteiger partial charge on any atom is -0.394 e. The average molecular weight is 183 g/mol. The first-order valence-electron chi connectivity index (χ1n) is 4.25. The van der Waals surface area contributed by atoms with Gasteiger partial charge in [-0.05, 0) is 0 Å². The molecule has 0 radical (unpaired) electrons. The minimum atomic E-state index is -0.427. The van der Waals surface area contributed by atoms with E-state index in [2.05, 4.69) is 10.3 Å². The average Bonchev–Trinajstić information content (AvgIpc) is 2.68. The van der Waals surface area contributed by atoms with Crippen molar-refractivity contribution in [1.82, 2.24) is 15.0 Å². The molecular weight excluding hydrogens is 170 g/mol. The maximum absolute atomic E-state index is 8.90.